The van der Waals surface area contributed by atoms with Crippen LogP contribution in [0.1, 0.15) is 26.3 Å². The largest absolute Gasteiger partial charge is 0.397 e. The maximum absolute atomic E-state index is 7.30. The molecule has 0 aliphatic heterocycles. The fourth-order valence-electron chi connectivity index (χ4n) is 0.792. The third kappa shape index (κ3) is 3.11. The van der Waals surface area contributed by atoms with Crippen LogP contribution in [0, 0.1) is 5.41 Å². The van der Waals surface area contributed by atoms with Crippen LogP contribution in [-0.2, 0) is 0 Å². The number of anilines is 2. The number of nitrogen functional groups attached to an aromatic ring is 2. The summed E-state index contributed by atoms with van der Waals surface area (Å²) in [6, 6.07) is 1.64. The zero-order valence-electron chi connectivity index (χ0n) is 8.26. The predicted molar refractivity (Wildman–Crippen MR) is 56.9 cm³/mol. The zero-order valence-corrected chi connectivity index (χ0v) is 8.26. The van der Waals surface area contributed by atoms with Crippen LogP contribution in [0.15, 0.2) is 12.3 Å². The Morgan fingerprint density at radius 3 is 2.31 bits per heavy atom. The quantitative estimate of drug-likeness (QED) is 0.574. The van der Waals surface area contributed by atoms with E-state index in [1.54, 1.807) is 13.0 Å². The molecular formula is C9H16N4. The molecule has 4 heteroatoms. The molecule has 0 spiro atoms. The van der Waals surface area contributed by atoms with Crippen molar-refractivity contribution in [2.45, 2.75) is 20.8 Å². The molecule has 4 nitrogen and oxygen atoms in total. The van der Waals surface area contributed by atoms with E-state index in [1.165, 1.54) is 6.20 Å². The molecule has 0 saturated heterocycles. The molecule has 0 radical (unpaired) electrons. The van der Waals surface area contributed by atoms with E-state index >= 15 is 0 Å². The van der Waals surface area contributed by atoms with E-state index in [1.807, 2.05) is 13.8 Å². The molecular weight excluding hydrogens is 164 g/mol. The number of hydrogen-bond acceptors (Lipinski definition) is 4. The van der Waals surface area contributed by atoms with Gasteiger partial charge >= 0.3 is 0 Å². The third-order valence-corrected chi connectivity index (χ3v) is 1.34. The molecule has 0 aliphatic rings. The normalized spacial score (nSPS) is 8.54. The fourth-order valence-corrected chi connectivity index (χ4v) is 0.792. The van der Waals surface area contributed by atoms with Crippen LogP contribution >= 0.6 is 0 Å². The lowest BCUT2D eigenvalue weighted by Gasteiger charge is -2.02. The van der Waals surface area contributed by atoms with Gasteiger partial charge in [-0.1, -0.05) is 13.8 Å². The minimum absolute atomic E-state index is 0.353. The number of aromatic nitrogens is 1. The summed E-state index contributed by atoms with van der Waals surface area (Å²) in [4.78, 5) is 3.81. The highest BCUT2D eigenvalue weighted by Gasteiger charge is 2.01. The van der Waals surface area contributed by atoms with Crippen molar-refractivity contribution in [3.8, 4) is 0 Å². The van der Waals surface area contributed by atoms with Gasteiger partial charge in [-0.3, -0.25) is 0 Å². The fraction of sp³-hybridized carbons (Fsp3) is 0.333. The number of pyridine rings is 1. The van der Waals surface area contributed by atoms with Gasteiger partial charge in [-0.15, -0.1) is 0 Å². The van der Waals surface area contributed by atoms with Crippen molar-refractivity contribution >= 4 is 17.2 Å². The topological polar surface area (TPSA) is 88.8 Å². The maximum Gasteiger partial charge on any atom is 0.132 e. The van der Waals surface area contributed by atoms with Gasteiger partial charge in [0.25, 0.3) is 0 Å². The predicted octanol–water partition coefficient (Wildman–Crippen LogP) is 1.66. The van der Waals surface area contributed by atoms with Gasteiger partial charge < -0.3 is 16.9 Å². The second-order valence-corrected chi connectivity index (χ2v) is 2.33. The van der Waals surface area contributed by atoms with Crippen LogP contribution in [0.3, 0.4) is 0 Å². The van der Waals surface area contributed by atoms with Gasteiger partial charge in [-0.2, -0.15) is 0 Å². The van der Waals surface area contributed by atoms with Gasteiger partial charge in [0.2, 0.25) is 0 Å². The van der Waals surface area contributed by atoms with E-state index in [9.17, 15) is 0 Å². The molecule has 1 rings (SSSR count). The molecule has 1 aromatic rings. The smallest absolute Gasteiger partial charge is 0.132 e. The molecule has 0 aliphatic carbocycles. The summed E-state index contributed by atoms with van der Waals surface area (Å²) in [6.07, 6.45) is 1.47. The van der Waals surface area contributed by atoms with Crippen LogP contribution < -0.4 is 11.5 Å². The highest BCUT2D eigenvalue weighted by atomic mass is 14.8. The highest BCUT2D eigenvalue weighted by molar-refractivity contribution is 6.00. The van der Waals surface area contributed by atoms with Crippen LogP contribution in [0.5, 0.6) is 0 Å². The molecule has 0 saturated carbocycles. The second kappa shape index (κ2) is 5.13. The van der Waals surface area contributed by atoms with Crippen molar-refractivity contribution in [3.05, 3.63) is 17.8 Å². The summed E-state index contributed by atoms with van der Waals surface area (Å²) in [5.41, 5.74) is 12.4. The molecule has 0 atom stereocenters. The van der Waals surface area contributed by atoms with Crippen LogP contribution in [-0.4, -0.2) is 10.7 Å². The van der Waals surface area contributed by atoms with Gasteiger partial charge in [-0.25, -0.2) is 4.98 Å². The monoisotopic (exact) mass is 180 g/mol. The number of nitrogens with one attached hydrogen (secondary N) is 1. The number of nitrogens with zero attached hydrogens (tertiary/aromatic N) is 1. The summed E-state index contributed by atoms with van der Waals surface area (Å²) >= 11 is 0. The minimum atomic E-state index is 0.353. The van der Waals surface area contributed by atoms with Gasteiger partial charge in [0, 0.05) is 11.3 Å². The first kappa shape index (κ1) is 11.4. The Morgan fingerprint density at radius 1 is 1.38 bits per heavy atom. The molecule has 13 heavy (non-hydrogen) atoms. The molecule has 0 aromatic carbocycles. The number of hydrogen-bond donors (Lipinski definition) is 3. The van der Waals surface area contributed by atoms with E-state index in [0.29, 0.717) is 22.8 Å². The first-order valence-corrected chi connectivity index (χ1v) is 4.18. The Kier molecular flexibility index (Phi) is 4.51. The standard InChI is InChI=1S/C7H10N4.C2H6/c1-4(8)6-2-5(9)3-11-7(6)10;1-2/h2-3,8H,9H2,1H3,(H2,10,11);1-2H3. The highest BCUT2D eigenvalue weighted by Crippen LogP contribution is 2.11. The Bertz CT molecular complexity index is 294. The van der Waals surface area contributed by atoms with Crippen molar-refractivity contribution < 1.29 is 0 Å². The van der Waals surface area contributed by atoms with Crippen molar-refractivity contribution in [1.29, 1.82) is 5.41 Å². The lowest BCUT2D eigenvalue weighted by Crippen LogP contribution is -2.03. The summed E-state index contributed by atoms with van der Waals surface area (Å²) in [6.45, 7) is 5.65. The van der Waals surface area contributed by atoms with Gasteiger partial charge in [-0.05, 0) is 13.0 Å². The van der Waals surface area contributed by atoms with Gasteiger partial charge in [0.05, 0.1) is 11.9 Å². The molecule has 0 fully saturated rings. The summed E-state index contributed by atoms with van der Waals surface area (Å²) < 4.78 is 0. The average molecular weight is 180 g/mol. The Hall–Kier alpha value is -1.58. The van der Waals surface area contributed by atoms with E-state index < -0.39 is 0 Å². The van der Waals surface area contributed by atoms with Crippen molar-refractivity contribution in [2.75, 3.05) is 11.5 Å². The van der Waals surface area contributed by atoms with E-state index in [-0.39, 0.29) is 0 Å². The van der Waals surface area contributed by atoms with Crippen molar-refractivity contribution in [3.63, 3.8) is 0 Å². The van der Waals surface area contributed by atoms with E-state index in [0.717, 1.165) is 0 Å². The first-order valence-electron chi connectivity index (χ1n) is 4.18. The Balaban J connectivity index is 0.000000671. The molecule has 72 valence electrons. The van der Waals surface area contributed by atoms with E-state index in [4.69, 9.17) is 16.9 Å². The Morgan fingerprint density at radius 2 is 1.92 bits per heavy atom. The lowest BCUT2D eigenvalue weighted by atomic mass is 10.2. The molecule has 1 heterocycles. The molecule has 0 bridgehead atoms. The SMILES string of the molecule is CC.CC(=N)c1cc(N)cnc1N. The van der Waals surface area contributed by atoms with Gasteiger partial charge in [0.15, 0.2) is 0 Å². The minimum Gasteiger partial charge on any atom is -0.397 e. The first-order chi connectivity index (χ1) is 6.11. The van der Waals surface area contributed by atoms with Gasteiger partial charge in [0.1, 0.15) is 5.82 Å². The second-order valence-electron chi connectivity index (χ2n) is 2.33. The summed E-state index contributed by atoms with van der Waals surface area (Å²) in [7, 11) is 0. The van der Waals surface area contributed by atoms with Crippen LogP contribution in [0.25, 0.3) is 0 Å². The lowest BCUT2D eigenvalue weighted by molar-refractivity contribution is 1.31. The third-order valence-electron chi connectivity index (χ3n) is 1.34. The van der Waals surface area contributed by atoms with Crippen molar-refractivity contribution in [1.82, 2.24) is 4.98 Å². The number of rotatable bonds is 1. The van der Waals surface area contributed by atoms with E-state index in [2.05, 4.69) is 4.98 Å². The summed E-state index contributed by atoms with van der Waals surface area (Å²) in [5.74, 6) is 0.353. The maximum atomic E-state index is 7.30. The zero-order chi connectivity index (χ0) is 10.4. The molecule has 5 N–H and O–H groups in total. The number of nitrogens with two attached hydrogens (primary N) is 2. The molecule has 0 unspecified atom stereocenters. The average Bonchev–Trinajstić information content (AvgIpc) is 2.12. The Labute approximate surface area is 78.5 Å². The molecule has 0 amide bonds. The van der Waals surface area contributed by atoms with Crippen LogP contribution in [0.4, 0.5) is 11.5 Å². The van der Waals surface area contributed by atoms with Crippen molar-refractivity contribution in [2.24, 2.45) is 0 Å². The van der Waals surface area contributed by atoms with Crippen LogP contribution in [0.2, 0.25) is 0 Å². The summed E-state index contributed by atoms with van der Waals surface area (Å²) in [5, 5.41) is 7.30. The molecule has 1 aromatic heterocycles.